The molecule has 19 heavy (non-hydrogen) atoms. The van der Waals surface area contributed by atoms with E-state index in [1.54, 1.807) is 26.8 Å². The number of para-hydroxylation sites is 1. The summed E-state index contributed by atoms with van der Waals surface area (Å²) in [6.45, 7) is 5.24. The Labute approximate surface area is 127 Å². The number of alkyl halides is 3. The zero-order valence-corrected chi connectivity index (χ0v) is 13.6. The molecule has 3 nitrogen and oxygen atoms in total. The van der Waals surface area contributed by atoms with Crippen LogP contribution in [-0.2, 0) is 15.5 Å². The second-order valence-corrected chi connectivity index (χ2v) is 6.27. The van der Waals surface area contributed by atoms with Crippen molar-refractivity contribution in [2.45, 2.75) is 31.7 Å². The van der Waals surface area contributed by atoms with Crippen molar-refractivity contribution in [1.82, 2.24) is 0 Å². The minimum Gasteiger partial charge on any atom is -0.376 e. The molecule has 110 valence electrons. The van der Waals surface area contributed by atoms with Gasteiger partial charge in [-0.1, -0.05) is 39.0 Å². The Hall–Kier alpha value is -0.510. The lowest BCUT2D eigenvalue weighted by Gasteiger charge is -2.22. The van der Waals surface area contributed by atoms with Crippen LogP contribution in [0, 0.1) is 0 Å². The normalized spacial score (nSPS) is 12.7. The molecule has 0 aromatic heterocycles. The Balaban J connectivity index is 0.00000324. The Morgan fingerprint density at radius 3 is 1.95 bits per heavy atom. The van der Waals surface area contributed by atoms with Gasteiger partial charge in [0, 0.05) is 5.56 Å². The first-order valence-electron chi connectivity index (χ1n) is 5.05. The average Bonchev–Trinajstić information content (AvgIpc) is 2.14. The fourth-order valence-corrected chi connectivity index (χ4v) is 1.80. The van der Waals surface area contributed by atoms with E-state index in [4.69, 9.17) is 0 Å². The Morgan fingerprint density at radius 2 is 1.53 bits per heavy atom. The molecule has 0 spiro atoms. The molecule has 0 amide bonds. The topological polar surface area (TPSA) is 43.4 Å². The summed E-state index contributed by atoms with van der Waals surface area (Å²) in [6, 6.07) is 5.75. The SMILES string of the molecule is CC(C)(C)c1ccccc1OS(=O)(=O)C(F)(F)F.I. The molecule has 0 saturated heterocycles. The molecule has 0 heterocycles. The summed E-state index contributed by atoms with van der Waals surface area (Å²) in [6.07, 6.45) is 0. The highest BCUT2D eigenvalue weighted by atomic mass is 127. The predicted octanol–water partition coefficient (Wildman–Crippen LogP) is 3.83. The van der Waals surface area contributed by atoms with Gasteiger partial charge in [-0.15, -0.1) is 24.0 Å². The molecule has 0 N–H and O–H groups in total. The Kier molecular flexibility index (Phi) is 5.70. The minimum atomic E-state index is -5.63. The van der Waals surface area contributed by atoms with Gasteiger partial charge in [0.05, 0.1) is 0 Å². The van der Waals surface area contributed by atoms with Gasteiger partial charge in [0.15, 0.2) is 0 Å². The molecule has 0 aliphatic rings. The van der Waals surface area contributed by atoms with E-state index in [0.29, 0.717) is 5.56 Å². The molecular weight excluding hydrogens is 396 g/mol. The molecule has 1 aromatic rings. The third-order valence-corrected chi connectivity index (χ3v) is 3.14. The highest BCUT2D eigenvalue weighted by molar-refractivity contribution is 14.0. The maximum absolute atomic E-state index is 12.2. The van der Waals surface area contributed by atoms with E-state index in [2.05, 4.69) is 4.18 Å². The van der Waals surface area contributed by atoms with Crippen molar-refractivity contribution in [3.8, 4) is 5.75 Å². The summed E-state index contributed by atoms with van der Waals surface area (Å²) >= 11 is 0. The fraction of sp³-hybridized carbons (Fsp3) is 0.455. The monoisotopic (exact) mass is 410 g/mol. The molecule has 0 fully saturated rings. The van der Waals surface area contributed by atoms with Crippen LogP contribution in [0.4, 0.5) is 13.2 Å². The van der Waals surface area contributed by atoms with Gasteiger partial charge in [-0.3, -0.25) is 0 Å². The summed E-state index contributed by atoms with van der Waals surface area (Å²) in [5.41, 5.74) is -5.58. The van der Waals surface area contributed by atoms with Crippen LogP contribution in [0.1, 0.15) is 26.3 Å². The van der Waals surface area contributed by atoms with Crippen LogP contribution in [0.2, 0.25) is 0 Å². The first kappa shape index (κ1) is 18.5. The van der Waals surface area contributed by atoms with E-state index in [1.165, 1.54) is 18.2 Å². The van der Waals surface area contributed by atoms with Crippen molar-refractivity contribution in [2.75, 3.05) is 0 Å². The molecule has 1 aromatic carbocycles. The van der Waals surface area contributed by atoms with Crippen LogP contribution < -0.4 is 4.18 Å². The first-order valence-corrected chi connectivity index (χ1v) is 6.46. The molecule has 8 heteroatoms. The van der Waals surface area contributed by atoms with E-state index in [1.807, 2.05) is 0 Å². The van der Waals surface area contributed by atoms with Crippen LogP contribution in [0.3, 0.4) is 0 Å². The van der Waals surface area contributed by atoms with Gasteiger partial charge in [-0.25, -0.2) is 0 Å². The quantitative estimate of drug-likeness (QED) is 0.423. The third kappa shape index (κ3) is 4.51. The van der Waals surface area contributed by atoms with E-state index < -0.39 is 21.0 Å². The average molecular weight is 410 g/mol. The van der Waals surface area contributed by atoms with Gasteiger partial charge >= 0.3 is 15.6 Å². The molecule has 0 atom stereocenters. The molecule has 0 aliphatic heterocycles. The number of hydrogen-bond donors (Lipinski definition) is 0. The van der Waals surface area contributed by atoms with Crippen LogP contribution >= 0.6 is 24.0 Å². The zero-order chi connectivity index (χ0) is 14.2. The second-order valence-electron chi connectivity index (χ2n) is 4.73. The summed E-state index contributed by atoms with van der Waals surface area (Å²) < 4.78 is 62.8. The predicted molar refractivity (Wildman–Crippen MR) is 76.2 cm³/mol. The van der Waals surface area contributed by atoms with Crippen LogP contribution in [0.15, 0.2) is 24.3 Å². The first-order chi connectivity index (χ1) is 7.95. The van der Waals surface area contributed by atoms with Gasteiger partial charge < -0.3 is 4.18 Å². The highest BCUT2D eigenvalue weighted by Gasteiger charge is 2.49. The molecule has 0 saturated carbocycles. The van der Waals surface area contributed by atoms with Gasteiger partial charge in [-0.2, -0.15) is 21.6 Å². The number of benzene rings is 1. The lowest BCUT2D eigenvalue weighted by atomic mass is 9.86. The smallest absolute Gasteiger partial charge is 0.376 e. The maximum Gasteiger partial charge on any atom is 0.534 e. The largest absolute Gasteiger partial charge is 0.534 e. The van der Waals surface area contributed by atoms with Gasteiger partial charge in [-0.05, 0) is 11.5 Å². The molecule has 1 rings (SSSR count). The lowest BCUT2D eigenvalue weighted by molar-refractivity contribution is -0.0500. The fourth-order valence-electron chi connectivity index (χ4n) is 1.32. The molecule has 0 radical (unpaired) electrons. The van der Waals surface area contributed by atoms with Crippen molar-refractivity contribution < 1.29 is 25.8 Å². The van der Waals surface area contributed by atoms with Gasteiger partial charge in [0.2, 0.25) is 0 Å². The Morgan fingerprint density at radius 1 is 1.05 bits per heavy atom. The highest BCUT2D eigenvalue weighted by Crippen LogP contribution is 2.34. The van der Waals surface area contributed by atoms with Crippen molar-refractivity contribution in [2.24, 2.45) is 0 Å². The minimum absolute atomic E-state index is 0. The number of rotatable bonds is 2. The zero-order valence-electron chi connectivity index (χ0n) is 10.5. The third-order valence-electron chi connectivity index (χ3n) is 2.18. The lowest BCUT2D eigenvalue weighted by Crippen LogP contribution is -2.29. The number of halogens is 4. The molecule has 0 aliphatic carbocycles. The van der Waals surface area contributed by atoms with Crippen LogP contribution in [-0.4, -0.2) is 13.9 Å². The summed E-state index contributed by atoms with van der Waals surface area (Å²) in [7, 11) is -5.63. The summed E-state index contributed by atoms with van der Waals surface area (Å²) in [5.74, 6) is -0.303. The summed E-state index contributed by atoms with van der Waals surface area (Å²) in [4.78, 5) is 0. The molecular formula is C11H14F3IO3S. The van der Waals surface area contributed by atoms with Crippen LogP contribution in [0.5, 0.6) is 5.75 Å². The van der Waals surface area contributed by atoms with E-state index >= 15 is 0 Å². The summed E-state index contributed by atoms with van der Waals surface area (Å²) in [5, 5.41) is 0. The Bertz CT molecular complexity index is 533. The van der Waals surface area contributed by atoms with E-state index in [9.17, 15) is 21.6 Å². The van der Waals surface area contributed by atoms with Gasteiger partial charge in [0.25, 0.3) is 0 Å². The van der Waals surface area contributed by atoms with Crippen LogP contribution in [0.25, 0.3) is 0 Å². The van der Waals surface area contributed by atoms with Crippen molar-refractivity contribution in [1.29, 1.82) is 0 Å². The maximum atomic E-state index is 12.2. The standard InChI is InChI=1S/C11H13F3O3S.HI/c1-10(2,3)8-6-4-5-7-9(8)17-18(15,16)11(12,13)14;/h4-7H,1-3H3;1H. The van der Waals surface area contributed by atoms with Crippen molar-refractivity contribution in [3.63, 3.8) is 0 Å². The molecule has 0 unspecified atom stereocenters. The number of hydrogen-bond acceptors (Lipinski definition) is 3. The second kappa shape index (κ2) is 5.86. The molecule has 0 bridgehead atoms. The van der Waals surface area contributed by atoms with Gasteiger partial charge in [0.1, 0.15) is 5.75 Å². The van der Waals surface area contributed by atoms with Crippen molar-refractivity contribution >= 4 is 34.1 Å². The van der Waals surface area contributed by atoms with Crippen molar-refractivity contribution in [3.05, 3.63) is 29.8 Å². The van der Waals surface area contributed by atoms with E-state index in [0.717, 1.165) is 0 Å². The van der Waals surface area contributed by atoms with E-state index in [-0.39, 0.29) is 29.7 Å².